The zero-order chi connectivity index (χ0) is 35.7. The molecule has 0 atom stereocenters. The number of aryl methyl sites for hydroxylation is 3. The molecule has 0 unspecified atom stereocenters. The maximum atomic E-state index is 5.21. The molecule has 0 N–H and O–H groups in total. The number of nitrogens with zero attached hydrogens (tertiary/aromatic N) is 2. The summed E-state index contributed by atoms with van der Waals surface area (Å²) in [6.07, 6.45) is 43.4. The molecule has 0 radical (unpaired) electrons. The third-order valence-electron chi connectivity index (χ3n) is 10.0. The van der Waals surface area contributed by atoms with Crippen molar-refractivity contribution in [3.63, 3.8) is 0 Å². The van der Waals surface area contributed by atoms with Gasteiger partial charge in [0.25, 0.3) is 0 Å². The first-order chi connectivity index (χ1) is 24.7. The summed E-state index contributed by atoms with van der Waals surface area (Å²) in [5, 5.41) is 0. The Morgan fingerprint density at radius 1 is 0.500 bits per heavy atom. The van der Waals surface area contributed by atoms with E-state index in [0.29, 0.717) is 0 Å². The summed E-state index contributed by atoms with van der Waals surface area (Å²) in [6.45, 7) is 9.10. The second-order valence-corrected chi connectivity index (χ2v) is 14.9. The number of rotatable bonds is 32. The molecule has 0 aromatic heterocycles. The molecule has 0 bridgehead atoms. The lowest BCUT2D eigenvalue weighted by molar-refractivity contribution is 0.533. The Morgan fingerprint density at radius 3 is 1.56 bits per heavy atom. The van der Waals surface area contributed by atoms with Gasteiger partial charge in [-0.25, -0.2) is 0 Å². The van der Waals surface area contributed by atoms with Gasteiger partial charge in [0.2, 0.25) is 0 Å². The second-order valence-electron chi connectivity index (χ2n) is 14.9. The molecule has 0 heterocycles. The maximum Gasteiger partial charge on any atom is 0.0665 e. The predicted octanol–water partition coefficient (Wildman–Crippen LogP) is 16.2. The van der Waals surface area contributed by atoms with Crippen molar-refractivity contribution in [1.29, 1.82) is 0 Å². The van der Waals surface area contributed by atoms with Gasteiger partial charge >= 0.3 is 0 Å². The largest absolute Gasteiger partial charge is 0.255 e. The molecular weight excluding hydrogens is 605 g/mol. The van der Waals surface area contributed by atoms with E-state index in [-0.39, 0.29) is 0 Å². The quantitative estimate of drug-likeness (QED) is 0.0417. The van der Waals surface area contributed by atoms with E-state index in [1.807, 2.05) is 0 Å². The Balaban J connectivity index is 1.74. The summed E-state index contributed by atoms with van der Waals surface area (Å²) >= 11 is 0. The van der Waals surface area contributed by atoms with Crippen LogP contribution < -0.4 is 0 Å². The van der Waals surface area contributed by atoms with Gasteiger partial charge in [-0.05, 0) is 106 Å². The van der Waals surface area contributed by atoms with Crippen molar-refractivity contribution in [3.05, 3.63) is 71.3 Å². The number of unbranched alkanes of at least 4 members (excludes halogenated alkanes) is 19. The van der Waals surface area contributed by atoms with Crippen molar-refractivity contribution in [1.82, 2.24) is 0 Å². The normalized spacial score (nSPS) is 12.2. The van der Waals surface area contributed by atoms with Crippen LogP contribution in [-0.2, 0) is 19.3 Å². The molecule has 0 aliphatic rings. The smallest absolute Gasteiger partial charge is 0.0665 e. The van der Waals surface area contributed by atoms with Crippen LogP contribution in [0.4, 0.5) is 11.4 Å². The number of allylic oxidation sites excluding steroid dienone is 2. The van der Waals surface area contributed by atoms with Crippen LogP contribution in [0.2, 0.25) is 0 Å². The van der Waals surface area contributed by atoms with E-state index < -0.39 is 0 Å². The van der Waals surface area contributed by atoms with Crippen LogP contribution in [-0.4, -0.2) is 11.9 Å². The van der Waals surface area contributed by atoms with Crippen LogP contribution in [0.25, 0.3) is 0 Å². The van der Waals surface area contributed by atoms with E-state index in [9.17, 15) is 0 Å². The average Bonchev–Trinajstić information content (AvgIpc) is 3.13. The van der Waals surface area contributed by atoms with Crippen LogP contribution in [0.1, 0.15) is 205 Å². The van der Waals surface area contributed by atoms with Gasteiger partial charge in [0, 0.05) is 6.21 Å². The van der Waals surface area contributed by atoms with Crippen LogP contribution in [0.5, 0.6) is 0 Å². The number of hydrogen-bond donors (Lipinski definition) is 0. The standard InChI is InChI=1S/C48H78N2/c1-5-9-13-14-15-16-17-18-19-20-21-22-23-24-25-26-27-28-29-30-35-45-36-31-32-38-48(45)50-46(37-12-8-4)42-49-47-40-43(33-10-6-2)39-44(41-47)34-11-7-3/h27-28,31-32,36,38-42H,5-26,29-30,33-35,37H2,1-4H3/b28-27+,49-42?,50-46?. The van der Waals surface area contributed by atoms with Crippen LogP contribution in [0.3, 0.4) is 0 Å². The lowest BCUT2D eigenvalue weighted by Gasteiger charge is -2.09. The van der Waals surface area contributed by atoms with E-state index in [4.69, 9.17) is 9.98 Å². The third kappa shape index (κ3) is 22.4. The van der Waals surface area contributed by atoms with Gasteiger partial charge in [-0.3, -0.25) is 9.98 Å². The topological polar surface area (TPSA) is 24.7 Å². The van der Waals surface area contributed by atoms with Gasteiger partial charge in [-0.15, -0.1) is 0 Å². The lowest BCUT2D eigenvalue weighted by atomic mass is 10.0. The van der Waals surface area contributed by atoms with Gasteiger partial charge in [-0.2, -0.15) is 0 Å². The van der Waals surface area contributed by atoms with E-state index in [0.717, 1.165) is 62.0 Å². The molecule has 2 nitrogen and oxygen atoms in total. The predicted molar refractivity (Wildman–Crippen MR) is 227 cm³/mol. The highest BCUT2D eigenvalue weighted by molar-refractivity contribution is 6.31. The number of hydrogen-bond acceptors (Lipinski definition) is 2. The van der Waals surface area contributed by atoms with E-state index >= 15 is 0 Å². The van der Waals surface area contributed by atoms with Crippen molar-refractivity contribution < 1.29 is 0 Å². The summed E-state index contributed by atoms with van der Waals surface area (Å²) < 4.78 is 0. The van der Waals surface area contributed by atoms with E-state index in [2.05, 4.69) is 88.5 Å². The Hall–Kier alpha value is -2.48. The lowest BCUT2D eigenvalue weighted by Crippen LogP contribution is -2.00. The highest BCUT2D eigenvalue weighted by Crippen LogP contribution is 2.24. The fourth-order valence-corrected chi connectivity index (χ4v) is 6.79. The SMILES string of the molecule is CCCCCCCCCCCCCCCCC/C=C/CCCc1ccccc1N=C(C=Nc1cc(CCCC)cc(CCCC)c1)CCCC. The summed E-state index contributed by atoms with van der Waals surface area (Å²) in [5.41, 5.74) is 7.50. The molecule has 0 fully saturated rings. The molecule has 2 rings (SSSR count). The first-order valence-corrected chi connectivity index (χ1v) is 21.7. The second kappa shape index (κ2) is 31.3. The maximum absolute atomic E-state index is 5.21. The summed E-state index contributed by atoms with van der Waals surface area (Å²) in [7, 11) is 0. The zero-order valence-corrected chi connectivity index (χ0v) is 33.5. The number of benzene rings is 2. The molecular formula is C48H78N2. The summed E-state index contributed by atoms with van der Waals surface area (Å²) in [5.74, 6) is 0. The van der Waals surface area contributed by atoms with Crippen LogP contribution >= 0.6 is 0 Å². The minimum atomic E-state index is 0.967. The number of aliphatic imine (C=N–C) groups is 2. The van der Waals surface area contributed by atoms with Gasteiger partial charge in [0.15, 0.2) is 0 Å². The van der Waals surface area contributed by atoms with Gasteiger partial charge < -0.3 is 0 Å². The van der Waals surface area contributed by atoms with Crippen LogP contribution in [0.15, 0.2) is 64.6 Å². The highest BCUT2D eigenvalue weighted by Gasteiger charge is 2.05. The van der Waals surface area contributed by atoms with Crippen molar-refractivity contribution >= 4 is 23.3 Å². The van der Waals surface area contributed by atoms with Crippen molar-refractivity contribution in [2.75, 3.05) is 0 Å². The molecule has 0 spiro atoms. The zero-order valence-electron chi connectivity index (χ0n) is 33.5. The molecule has 2 aromatic rings. The Kier molecular flexibility index (Phi) is 27.3. The molecule has 2 aromatic carbocycles. The molecule has 0 saturated carbocycles. The minimum absolute atomic E-state index is 0.967. The van der Waals surface area contributed by atoms with Gasteiger partial charge in [0.1, 0.15) is 0 Å². The Morgan fingerprint density at radius 2 is 1.00 bits per heavy atom. The Bertz CT molecular complexity index is 1150. The first-order valence-electron chi connectivity index (χ1n) is 21.7. The van der Waals surface area contributed by atoms with E-state index in [1.54, 1.807) is 0 Å². The number of para-hydroxylation sites is 1. The molecule has 0 aliphatic heterocycles. The highest BCUT2D eigenvalue weighted by atomic mass is 14.8. The molecule has 0 aliphatic carbocycles. The van der Waals surface area contributed by atoms with E-state index in [1.165, 1.54) is 152 Å². The molecule has 2 heteroatoms. The van der Waals surface area contributed by atoms with Crippen molar-refractivity contribution in [3.8, 4) is 0 Å². The first kappa shape index (κ1) is 43.7. The van der Waals surface area contributed by atoms with Gasteiger partial charge in [-0.1, -0.05) is 173 Å². The molecule has 280 valence electrons. The fraction of sp³-hybridized carbons (Fsp3) is 0.667. The molecule has 0 saturated heterocycles. The Labute approximate surface area is 311 Å². The van der Waals surface area contributed by atoms with Gasteiger partial charge in [0.05, 0.1) is 17.1 Å². The molecule has 50 heavy (non-hydrogen) atoms. The summed E-state index contributed by atoms with van der Waals surface area (Å²) in [6, 6.07) is 15.7. The average molecular weight is 683 g/mol. The third-order valence-corrected chi connectivity index (χ3v) is 10.0. The summed E-state index contributed by atoms with van der Waals surface area (Å²) in [4.78, 5) is 10.2. The molecule has 0 amide bonds. The van der Waals surface area contributed by atoms with Crippen LogP contribution in [0, 0.1) is 0 Å². The van der Waals surface area contributed by atoms with Crippen molar-refractivity contribution in [2.45, 2.75) is 207 Å². The minimum Gasteiger partial charge on any atom is -0.255 e. The monoisotopic (exact) mass is 683 g/mol. The van der Waals surface area contributed by atoms with Crippen molar-refractivity contribution in [2.24, 2.45) is 9.98 Å². The fourth-order valence-electron chi connectivity index (χ4n) is 6.79.